The standard InChI is InChI=1S/C9H12BNO2/c10-13-9-5-11-3-1-8(9)7-2-4-12-6-7/h2,4,6,8-9,11H,1,3,5H2. The van der Waals surface area contributed by atoms with Gasteiger partial charge in [-0.15, -0.1) is 0 Å². The van der Waals surface area contributed by atoms with Crippen LogP contribution in [-0.2, 0) is 4.65 Å². The fourth-order valence-corrected chi connectivity index (χ4v) is 1.84. The molecule has 0 bridgehead atoms. The smallest absolute Gasteiger partial charge is 0.283 e. The molecule has 2 atom stereocenters. The summed E-state index contributed by atoms with van der Waals surface area (Å²) in [7, 11) is 5.23. The summed E-state index contributed by atoms with van der Waals surface area (Å²) in [5, 5.41) is 3.24. The maximum absolute atomic E-state index is 5.23. The Bertz CT molecular complexity index is 250. The number of furan rings is 1. The Labute approximate surface area is 78.9 Å². The van der Waals surface area contributed by atoms with E-state index in [0.29, 0.717) is 5.92 Å². The molecule has 1 aliphatic rings. The summed E-state index contributed by atoms with van der Waals surface area (Å²) in [4.78, 5) is 0. The van der Waals surface area contributed by atoms with E-state index >= 15 is 0 Å². The van der Waals surface area contributed by atoms with Gasteiger partial charge in [0.2, 0.25) is 0 Å². The van der Waals surface area contributed by atoms with Gasteiger partial charge in [0.1, 0.15) is 0 Å². The van der Waals surface area contributed by atoms with Crippen molar-refractivity contribution in [3.8, 4) is 0 Å². The molecule has 0 saturated carbocycles. The van der Waals surface area contributed by atoms with E-state index in [1.54, 1.807) is 12.5 Å². The fourth-order valence-electron chi connectivity index (χ4n) is 1.84. The third-order valence-corrected chi connectivity index (χ3v) is 2.57. The Morgan fingerprint density at radius 1 is 1.62 bits per heavy atom. The van der Waals surface area contributed by atoms with E-state index in [-0.39, 0.29) is 6.10 Å². The first-order chi connectivity index (χ1) is 6.42. The zero-order valence-electron chi connectivity index (χ0n) is 7.40. The van der Waals surface area contributed by atoms with Crippen molar-refractivity contribution in [1.82, 2.24) is 5.32 Å². The van der Waals surface area contributed by atoms with Crippen LogP contribution in [0.4, 0.5) is 0 Å². The lowest BCUT2D eigenvalue weighted by Crippen LogP contribution is -2.40. The Morgan fingerprint density at radius 2 is 2.54 bits per heavy atom. The molecule has 3 nitrogen and oxygen atoms in total. The number of rotatable bonds is 2. The second-order valence-electron chi connectivity index (χ2n) is 3.33. The van der Waals surface area contributed by atoms with E-state index in [1.165, 1.54) is 5.56 Å². The molecule has 0 aliphatic carbocycles. The fraction of sp³-hybridized carbons (Fsp3) is 0.556. The normalized spacial score (nSPS) is 28.9. The van der Waals surface area contributed by atoms with Gasteiger partial charge in [-0.2, -0.15) is 0 Å². The van der Waals surface area contributed by atoms with E-state index in [9.17, 15) is 0 Å². The van der Waals surface area contributed by atoms with Crippen LogP contribution in [0.5, 0.6) is 0 Å². The maximum atomic E-state index is 5.23. The first-order valence-electron chi connectivity index (χ1n) is 4.50. The molecule has 68 valence electrons. The van der Waals surface area contributed by atoms with Crippen LogP contribution in [0, 0.1) is 0 Å². The van der Waals surface area contributed by atoms with Crippen molar-refractivity contribution < 1.29 is 9.07 Å². The quantitative estimate of drug-likeness (QED) is 0.679. The van der Waals surface area contributed by atoms with Crippen LogP contribution in [-0.4, -0.2) is 27.2 Å². The summed E-state index contributed by atoms with van der Waals surface area (Å²) in [5.41, 5.74) is 1.18. The average Bonchev–Trinajstić information content (AvgIpc) is 2.70. The van der Waals surface area contributed by atoms with Crippen molar-refractivity contribution in [2.45, 2.75) is 18.4 Å². The minimum Gasteiger partial charge on any atom is -0.472 e. The van der Waals surface area contributed by atoms with Crippen molar-refractivity contribution in [3.63, 3.8) is 0 Å². The zero-order valence-corrected chi connectivity index (χ0v) is 7.40. The molecule has 1 saturated heterocycles. The molecule has 1 fully saturated rings. The summed E-state index contributed by atoms with van der Waals surface area (Å²) >= 11 is 0. The van der Waals surface area contributed by atoms with Crippen molar-refractivity contribution in [2.24, 2.45) is 0 Å². The Balaban J connectivity index is 2.11. The molecule has 1 N–H and O–H groups in total. The summed E-state index contributed by atoms with van der Waals surface area (Å²) in [6, 6.07) is 1.97. The highest BCUT2D eigenvalue weighted by atomic mass is 16.4. The van der Waals surface area contributed by atoms with Gasteiger partial charge < -0.3 is 14.4 Å². The second kappa shape index (κ2) is 3.98. The largest absolute Gasteiger partial charge is 0.472 e. The first-order valence-corrected chi connectivity index (χ1v) is 4.50. The molecule has 0 aromatic carbocycles. The lowest BCUT2D eigenvalue weighted by atomic mass is 9.89. The highest BCUT2D eigenvalue weighted by Gasteiger charge is 2.26. The van der Waals surface area contributed by atoms with E-state index < -0.39 is 0 Å². The molecule has 2 radical (unpaired) electrons. The van der Waals surface area contributed by atoms with Crippen LogP contribution in [0.15, 0.2) is 23.0 Å². The highest BCUT2D eigenvalue weighted by Crippen LogP contribution is 2.27. The molecule has 1 aromatic heterocycles. The molecule has 4 heteroatoms. The van der Waals surface area contributed by atoms with Gasteiger partial charge in [0.25, 0.3) is 8.05 Å². The molecular formula is C9H12BNO2. The third kappa shape index (κ3) is 1.79. The number of piperidine rings is 1. The number of nitrogens with one attached hydrogen (secondary N) is 1. The Kier molecular flexibility index (Phi) is 2.71. The van der Waals surface area contributed by atoms with E-state index in [4.69, 9.17) is 17.1 Å². The van der Waals surface area contributed by atoms with Gasteiger partial charge >= 0.3 is 0 Å². The molecular weight excluding hydrogens is 165 g/mol. The lowest BCUT2D eigenvalue weighted by Gasteiger charge is -2.30. The average molecular weight is 177 g/mol. The summed E-state index contributed by atoms with van der Waals surface area (Å²) in [6.07, 6.45) is 4.56. The molecule has 2 heterocycles. The minimum atomic E-state index is 0.0614. The van der Waals surface area contributed by atoms with Gasteiger partial charge in [0.05, 0.1) is 18.6 Å². The van der Waals surface area contributed by atoms with Crippen LogP contribution in [0.1, 0.15) is 17.9 Å². The minimum absolute atomic E-state index is 0.0614. The SMILES string of the molecule is [B]OC1CNCCC1c1ccoc1. The van der Waals surface area contributed by atoms with Crippen molar-refractivity contribution in [3.05, 3.63) is 24.2 Å². The molecule has 2 rings (SSSR count). The van der Waals surface area contributed by atoms with Crippen molar-refractivity contribution in [2.75, 3.05) is 13.1 Å². The van der Waals surface area contributed by atoms with Gasteiger partial charge in [0.15, 0.2) is 0 Å². The number of hydrogen-bond donors (Lipinski definition) is 1. The predicted molar refractivity (Wildman–Crippen MR) is 49.6 cm³/mol. The Hall–Kier alpha value is -0.735. The Morgan fingerprint density at radius 3 is 3.23 bits per heavy atom. The zero-order chi connectivity index (χ0) is 9.10. The molecule has 0 spiro atoms. The highest BCUT2D eigenvalue weighted by molar-refractivity contribution is 5.98. The molecule has 1 aromatic rings. The molecule has 0 amide bonds. The van der Waals surface area contributed by atoms with Crippen LogP contribution in [0.2, 0.25) is 0 Å². The van der Waals surface area contributed by atoms with E-state index in [1.807, 2.05) is 6.07 Å². The third-order valence-electron chi connectivity index (χ3n) is 2.57. The summed E-state index contributed by atoms with van der Waals surface area (Å²) < 4.78 is 9.97. The van der Waals surface area contributed by atoms with Crippen LogP contribution >= 0.6 is 0 Å². The van der Waals surface area contributed by atoms with Gasteiger partial charge in [-0.25, -0.2) is 0 Å². The topological polar surface area (TPSA) is 34.4 Å². The van der Waals surface area contributed by atoms with Gasteiger partial charge in [-0.1, -0.05) is 0 Å². The van der Waals surface area contributed by atoms with Gasteiger partial charge in [-0.3, -0.25) is 0 Å². The first kappa shape index (κ1) is 8.85. The molecule has 13 heavy (non-hydrogen) atoms. The van der Waals surface area contributed by atoms with E-state index in [2.05, 4.69) is 5.32 Å². The number of hydrogen-bond acceptors (Lipinski definition) is 3. The van der Waals surface area contributed by atoms with Crippen LogP contribution in [0.3, 0.4) is 0 Å². The van der Waals surface area contributed by atoms with Gasteiger partial charge in [0, 0.05) is 12.5 Å². The van der Waals surface area contributed by atoms with Gasteiger partial charge in [-0.05, 0) is 24.6 Å². The van der Waals surface area contributed by atoms with Crippen LogP contribution in [0.25, 0.3) is 0 Å². The van der Waals surface area contributed by atoms with Crippen LogP contribution < -0.4 is 5.32 Å². The van der Waals surface area contributed by atoms with Crippen molar-refractivity contribution in [1.29, 1.82) is 0 Å². The monoisotopic (exact) mass is 177 g/mol. The predicted octanol–water partition coefficient (Wildman–Crippen LogP) is 0.825. The van der Waals surface area contributed by atoms with Crippen molar-refractivity contribution >= 4 is 8.05 Å². The summed E-state index contributed by atoms with van der Waals surface area (Å²) in [6.45, 7) is 1.82. The summed E-state index contributed by atoms with van der Waals surface area (Å²) in [5.74, 6) is 0.366. The van der Waals surface area contributed by atoms with E-state index in [0.717, 1.165) is 19.5 Å². The lowest BCUT2D eigenvalue weighted by molar-refractivity contribution is 0.155. The maximum Gasteiger partial charge on any atom is 0.283 e. The second-order valence-corrected chi connectivity index (χ2v) is 3.33. The molecule has 1 aliphatic heterocycles. The molecule has 2 unspecified atom stereocenters.